The van der Waals surface area contributed by atoms with E-state index in [1.54, 1.807) is 6.92 Å². The van der Waals surface area contributed by atoms with Crippen LogP contribution in [0.2, 0.25) is 0 Å². The zero-order valence-corrected chi connectivity index (χ0v) is 18.4. The van der Waals surface area contributed by atoms with E-state index in [0.717, 1.165) is 5.56 Å². The molecule has 3 atom stereocenters. The number of ether oxygens (including phenoxy) is 6. The van der Waals surface area contributed by atoms with Crippen LogP contribution < -0.4 is 0 Å². The molecule has 1 aromatic carbocycles. The van der Waals surface area contributed by atoms with Gasteiger partial charge < -0.3 is 28.4 Å². The van der Waals surface area contributed by atoms with E-state index in [2.05, 4.69) is 0 Å². The van der Waals surface area contributed by atoms with Gasteiger partial charge in [-0.2, -0.15) is 0 Å². The quantitative estimate of drug-likeness (QED) is 0.472. The van der Waals surface area contributed by atoms with Gasteiger partial charge in [0.25, 0.3) is 0 Å². The van der Waals surface area contributed by atoms with E-state index in [9.17, 15) is 4.79 Å². The molecule has 0 saturated carbocycles. The van der Waals surface area contributed by atoms with Crippen LogP contribution in [-0.4, -0.2) is 55.7 Å². The fourth-order valence-corrected chi connectivity index (χ4v) is 3.63. The fraction of sp³-hybridized carbons (Fsp3) is 0.609. The van der Waals surface area contributed by atoms with E-state index < -0.39 is 29.8 Å². The SMILES string of the molecule is CCOC(=O)/C=C(/COCc1ccccc1)[C@H]1OC(C)(C)O[C@@H]1[C@H]1COC(C)(C)O1. The number of esters is 1. The summed E-state index contributed by atoms with van der Waals surface area (Å²) in [5, 5.41) is 0. The number of carbonyl (C=O) groups is 1. The first-order valence-electron chi connectivity index (χ1n) is 10.4. The van der Waals surface area contributed by atoms with Crippen LogP contribution in [0.1, 0.15) is 40.2 Å². The third kappa shape index (κ3) is 6.12. The lowest BCUT2D eigenvalue weighted by Crippen LogP contribution is -2.40. The number of benzene rings is 1. The Balaban J connectivity index is 1.77. The summed E-state index contributed by atoms with van der Waals surface area (Å²) in [6.07, 6.45) is 0.148. The average Bonchev–Trinajstić information content (AvgIpc) is 3.20. The van der Waals surface area contributed by atoms with Gasteiger partial charge >= 0.3 is 5.97 Å². The lowest BCUT2D eigenvalue weighted by atomic mass is 10.0. The Morgan fingerprint density at radius 1 is 1.10 bits per heavy atom. The highest BCUT2D eigenvalue weighted by Gasteiger charge is 2.50. The summed E-state index contributed by atoms with van der Waals surface area (Å²) >= 11 is 0. The Labute approximate surface area is 178 Å². The highest BCUT2D eigenvalue weighted by atomic mass is 16.8. The Hall–Kier alpha value is -1.77. The van der Waals surface area contributed by atoms with Crippen molar-refractivity contribution in [3.05, 3.63) is 47.5 Å². The van der Waals surface area contributed by atoms with Gasteiger partial charge in [-0.05, 0) is 45.8 Å². The third-order valence-corrected chi connectivity index (χ3v) is 4.86. The molecule has 0 radical (unpaired) electrons. The number of hydrogen-bond acceptors (Lipinski definition) is 7. The van der Waals surface area contributed by atoms with E-state index in [1.807, 2.05) is 58.0 Å². The molecule has 2 aliphatic rings. The molecule has 0 N–H and O–H groups in total. The van der Waals surface area contributed by atoms with Crippen LogP contribution in [0.15, 0.2) is 42.0 Å². The Bertz CT molecular complexity index is 741. The van der Waals surface area contributed by atoms with Crippen LogP contribution in [0.5, 0.6) is 0 Å². The van der Waals surface area contributed by atoms with Crippen molar-refractivity contribution in [2.45, 2.75) is 71.1 Å². The first-order valence-corrected chi connectivity index (χ1v) is 10.4. The minimum Gasteiger partial charge on any atom is -0.463 e. The summed E-state index contributed by atoms with van der Waals surface area (Å²) in [6, 6.07) is 9.85. The molecule has 0 bridgehead atoms. The zero-order chi connectivity index (χ0) is 21.8. The highest BCUT2D eigenvalue weighted by Crippen LogP contribution is 2.38. The van der Waals surface area contributed by atoms with Crippen LogP contribution >= 0.6 is 0 Å². The van der Waals surface area contributed by atoms with Crippen molar-refractivity contribution < 1.29 is 33.2 Å². The summed E-state index contributed by atoms with van der Waals surface area (Å²) < 4.78 is 35.1. The Morgan fingerprint density at radius 2 is 1.83 bits per heavy atom. The molecule has 7 heteroatoms. The normalized spacial score (nSPS) is 27.9. The molecule has 2 heterocycles. The minimum atomic E-state index is -0.835. The molecular weight excluding hydrogens is 388 g/mol. The van der Waals surface area contributed by atoms with Crippen molar-refractivity contribution >= 4 is 5.97 Å². The first-order chi connectivity index (χ1) is 14.2. The second-order valence-corrected chi connectivity index (χ2v) is 8.34. The monoisotopic (exact) mass is 420 g/mol. The van der Waals surface area contributed by atoms with Crippen LogP contribution in [0.3, 0.4) is 0 Å². The molecule has 0 unspecified atom stereocenters. The summed E-state index contributed by atoms with van der Waals surface area (Å²) in [7, 11) is 0. The largest absolute Gasteiger partial charge is 0.463 e. The summed E-state index contributed by atoms with van der Waals surface area (Å²) in [5.74, 6) is -1.97. The van der Waals surface area contributed by atoms with Gasteiger partial charge in [-0.1, -0.05) is 30.3 Å². The molecule has 2 saturated heterocycles. The fourth-order valence-electron chi connectivity index (χ4n) is 3.63. The predicted octanol–water partition coefficient (Wildman–Crippen LogP) is 3.36. The van der Waals surface area contributed by atoms with Gasteiger partial charge in [0.2, 0.25) is 0 Å². The smallest absolute Gasteiger partial charge is 0.330 e. The molecular formula is C23H32O7. The van der Waals surface area contributed by atoms with Crippen LogP contribution in [0.4, 0.5) is 0 Å². The van der Waals surface area contributed by atoms with E-state index >= 15 is 0 Å². The Morgan fingerprint density at radius 3 is 2.47 bits per heavy atom. The maximum Gasteiger partial charge on any atom is 0.330 e. The van der Waals surface area contributed by atoms with Gasteiger partial charge in [0.1, 0.15) is 18.3 Å². The number of rotatable bonds is 8. The maximum absolute atomic E-state index is 12.2. The van der Waals surface area contributed by atoms with Gasteiger partial charge in [-0.15, -0.1) is 0 Å². The van der Waals surface area contributed by atoms with Crippen molar-refractivity contribution in [3.63, 3.8) is 0 Å². The van der Waals surface area contributed by atoms with E-state index in [0.29, 0.717) is 18.8 Å². The van der Waals surface area contributed by atoms with E-state index in [1.165, 1.54) is 6.08 Å². The second-order valence-electron chi connectivity index (χ2n) is 8.34. The zero-order valence-electron chi connectivity index (χ0n) is 18.4. The topological polar surface area (TPSA) is 72.5 Å². The van der Waals surface area contributed by atoms with Crippen molar-refractivity contribution in [2.24, 2.45) is 0 Å². The Kier molecular flexibility index (Phi) is 7.31. The van der Waals surface area contributed by atoms with Crippen LogP contribution in [0.25, 0.3) is 0 Å². The molecule has 30 heavy (non-hydrogen) atoms. The molecule has 166 valence electrons. The molecule has 0 aromatic heterocycles. The van der Waals surface area contributed by atoms with Crippen molar-refractivity contribution in [1.82, 2.24) is 0 Å². The van der Waals surface area contributed by atoms with Gasteiger partial charge in [0, 0.05) is 6.08 Å². The molecule has 0 amide bonds. The molecule has 0 aliphatic carbocycles. The summed E-state index contributed by atoms with van der Waals surface area (Å²) in [5.41, 5.74) is 1.69. The molecule has 2 aliphatic heterocycles. The average molecular weight is 421 g/mol. The summed E-state index contributed by atoms with van der Waals surface area (Å²) in [6.45, 7) is 10.5. The van der Waals surface area contributed by atoms with Gasteiger partial charge in [0.05, 0.1) is 26.4 Å². The first kappa shape index (κ1) is 22.9. The third-order valence-electron chi connectivity index (χ3n) is 4.86. The molecule has 1 aromatic rings. The van der Waals surface area contributed by atoms with E-state index in [-0.39, 0.29) is 19.3 Å². The maximum atomic E-state index is 12.2. The predicted molar refractivity (Wildman–Crippen MR) is 110 cm³/mol. The van der Waals surface area contributed by atoms with Crippen molar-refractivity contribution in [1.29, 1.82) is 0 Å². The second kappa shape index (κ2) is 9.58. The van der Waals surface area contributed by atoms with Gasteiger partial charge in [-0.25, -0.2) is 4.79 Å². The van der Waals surface area contributed by atoms with Crippen molar-refractivity contribution in [3.8, 4) is 0 Å². The highest BCUT2D eigenvalue weighted by molar-refractivity contribution is 5.83. The lowest BCUT2D eigenvalue weighted by molar-refractivity contribution is -0.174. The van der Waals surface area contributed by atoms with Gasteiger partial charge in [0.15, 0.2) is 11.6 Å². The van der Waals surface area contributed by atoms with Crippen LogP contribution in [0, 0.1) is 0 Å². The summed E-state index contributed by atoms with van der Waals surface area (Å²) in [4.78, 5) is 12.2. The molecule has 7 nitrogen and oxygen atoms in total. The molecule has 3 rings (SSSR count). The van der Waals surface area contributed by atoms with Crippen molar-refractivity contribution in [2.75, 3.05) is 19.8 Å². The van der Waals surface area contributed by atoms with Gasteiger partial charge in [-0.3, -0.25) is 0 Å². The molecule has 2 fully saturated rings. The lowest BCUT2D eigenvalue weighted by Gasteiger charge is -2.25. The minimum absolute atomic E-state index is 0.200. The number of carbonyl (C=O) groups excluding carboxylic acids is 1. The standard InChI is InChI=1S/C23H32O7/c1-6-26-19(24)12-17(14-25-13-16-10-8-7-9-11-16)20-21(30-23(4,5)29-20)18-15-27-22(2,3)28-18/h7-12,18,20-21H,6,13-15H2,1-5H3/b17-12-/t18-,20-,21-/m1/s1. The van der Waals surface area contributed by atoms with Crippen LogP contribution in [-0.2, 0) is 39.8 Å². The molecule has 0 spiro atoms. The van der Waals surface area contributed by atoms with E-state index in [4.69, 9.17) is 28.4 Å². The number of hydrogen-bond donors (Lipinski definition) is 0.